The monoisotopic (exact) mass is 321 g/mol. The molecule has 7 heteroatoms. The number of nitrogens with zero attached hydrogens (tertiary/aromatic N) is 2. The summed E-state index contributed by atoms with van der Waals surface area (Å²) in [6.45, 7) is 10.3. The highest BCUT2D eigenvalue weighted by Crippen LogP contribution is 2.25. The third kappa shape index (κ3) is 4.10. The summed E-state index contributed by atoms with van der Waals surface area (Å²) in [6, 6.07) is 0. The van der Waals surface area contributed by atoms with Crippen molar-refractivity contribution in [3.63, 3.8) is 0 Å². The summed E-state index contributed by atoms with van der Waals surface area (Å²) in [5, 5.41) is 3.05. The maximum Gasteiger partial charge on any atom is 0.164 e. The van der Waals surface area contributed by atoms with Gasteiger partial charge in [-0.3, -0.25) is 9.80 Å². The van der Waals surface area contributed by atoms with Gasteiger partial charge in [0.15, 0.2) is 9.84 Å². The first-order valence-electron chi connectivity index (χ1n) is 7.27. The molecule has 2 fully saturated rings. The zero-order valence-electron chi connectivity index (χ0n) is 12.8. The van der Waals surface area contributed by atoms with E-state index >= 15 is 0 Å². The summed E-state index contributed by atoms with van der Waals surface area (Å²) < 4.78 is 24.0. The standard InChI is InChI=1S/C13H27N3O2S2/c1-13(2,16-6-4-14-5-7-16)11-15-8-9-19-10-12(15)20(3,17)18/h12,14H,4-11H2,1-3H3. The Morgan fingerprint density at radius 3 is 2.50 bits per heavy atom. The van der Waals surface area contributed by atoms with Crippen LogP contribution in [0.15, 0.2) is 0 Å². The Kier molecular flexibility index (Phi) is 5.40. The van der Waals surface area contributed by atoms with Crippen LogP contribution in [0.4, 0.5) is 0 Å². The van der Waals surface area contributed by atoms with Gasteiger partial charge >= 0.3 is 0 Å². The summed E-state index contributed by atoms with van der Waals surface area (Å²) in [6.07, 6.45) is 1.37. The fourth-order valence-corrected chi connectivity index (χ4v) is 6.00. The summed E-state index contributed by atoms with van der Waals surface area (Å²) in [5.74, 6) is 1.74. The molecule has 2 aliphatic rings. The first-order chi connectivity index (χ1) is 9.31. The summed E-state index contributed by atoms with van der Waals surface area (Å²) in [7, 11) is -3.00. The van der Waals surface area contributed by atoms with Gasteiger partial charge in [-0.05, 0) is 13.8 Å². The van der Waals surface area contributed by atoms with Crippen LogP contribution in [0.2, 0.25) is 0 Å². The second-order valence-electron chi connectivity index (χ2n) is 6.38. The van der Waals surface area contributed by atoms with Crippen LogP contribution in [-0.4, -0.2) is 86.2 Å². The minimum atomic E-state index is -3.00. The molecule has 5 nitrogen and oxygen atoms in total. The zero-order chi connectivity index (χ0) is 14.8. The molecular weight excluding hydrogens is 294 g/mol. The van der Waals surface area contributed by atoms with Gasteiger partial charge in [-0.25, -0.2) is 8.42 Å². The van der Waals surface area contributed by atoms with E-state index in [9.17, 15) is 8.42 Å². The SMILES string of the molecule is CC(C)(CN1CCSCC1S(C)(=O)=O)N1CCNCC1. The molecule has 0 saturated carbocycles. The van der Waals surface area contributed by atoms with Crippen LogP contribution in [0.1, 0.15) is 13.8 Å². The van der Waals surface area contributed by atoms with Crippen LogP contribution < -0.4 is 5.32 Å². The summed E-state index contributed by atoms with van der Waals surface area (Å²) in [5.41, 5.74) is 0.0209. The predicted octanol–water partition coefficient (Wildman–Crippen LogP) is 0.0897. The van der Waals surface area contributed by atoms with E-state index in [0.717, 1.165) is 45.0 Å². The number of piperazine rings is 1. The van der Waals surface area contributed by atoms with Gasteiger partial charge < -0.3 is 5.32 Å². The molecule has 2 rings (SSSR count). The van der Waals surface area contributed by atoms with Crippen molar-refractivity contribution in [1.29, 1.82) is 0 Å². The van der Waals surface area contributed by atoms with E-state index in [1.807, 2.05) is 0 Å². The highest BCUT2D eigenvalue weighted by molar-refractivity contribution is 8.00. The molecular formula is C13H27N3O2S2. The number of nitrogens with one attached hydrogen (secondary N) is 1. The Morgan fingerprint density at radius 1 is 1.25 bits per heavy atom. The Hall–Kier alpha value is 0.180. The van der Waals surface area contributed by atoms with Crippen molar-refractivity contribution < 1.29 is 8.42 Å². The van der Waals surface area contributed by atoms with E-state index in [4.69, 9.17) is 0 Å². The van der Waals surface area contributed by atoms with Gasteiger partial charge in [0.2, 0.25) is 0 Å². The van der Waals surface area contributed by atoms with Crippen molar-refractivity contribution in [3.05, 3.63) is 0 Å². The molecule has 1 N–H and O–H groups in total. The Bertz CT molecular complexity index is 419. The molecule has 0 amide bonds. The summed E-state index contributed by atoms with van der Waals surface area (Å²) in [4.78, 5) is 4.65. The van der Waals surface area contributed by atoms with Crippen LogP contribution in [0.5, 0.6) is 0 Å². The molecule has 0 aliphatic carbocycles. The normalized spacial score (nSPS) is 27.6. The smallest absolute Gasteiger partial charge is 0.164 e. The third-order valence-corrected chi connectivity index (χ3v) is 6.93. The zero-order valence-corrected chi connectivity index (χ0v) is 14.4. The van der Waals surface area contributed by atoms with Crippen LogP contribution >= 0.6 is 11.8 Å². The quantitative estimate of drug-likeness (QED) is 0.792. The van der Waals surface area contributed by atoms with Gasteiger partial charge in [0.25, 0.3) is 0 Å². The van der Waals surface area contributed by atoms with Gasteiger partial charge in [-0.2, -0.15) is 11.8 Å². The van der Waals surface area contributed by atoms with Crippen molar-refractivity contribution in [3.8, 4) is 0 Å². The van der Waals surface area contributed by atoms with Crippen LogP contribution in [0.25, 0.3) is 0 Å². The molecule has 118 valence electrons. The highest BCUT2D eigenvalue weighted by Gasteiger charge is 2.37. The lowest BCUT2D eigenvalue weighted by atomic mass is 10.0. The van der Waals surface area contributed by atoms with Gasteiger partial charge in [0.1, 0.15) is 5.37 Å². The summed E-state index contributed by atoms with van der Waals surface area (Å²) >= 11 is 1.75. The van der Waals surface area contributed by atoms with E-state index in [0.29, 0.717) is 5.75 Å². The number of sulfone groups is 1. The molecule has 1 atom stereocenters. The molecule has 2 aliphatic heterocycles. The average Bonchev–Trinajstić information content (AvgIpc) is 2.39. The van der Waals surface area contributed by atoms with E-state index in [1.165, 1.54) is 6.26 Å². The van der Waals surface area contributed by atoms with E-state index < -0.39 is 9.84 Å². The Morgan fingerprint density at radius 2 is 1.90 bits per heavy atom. The lowest BCUT2D eigenvalue weighted by molar-refractivity contribution is 0.0618. The van der Waals surface area contributed by atoms with Crippen molar-refractivity contribution in [2.45, 2.75) is 24.8 Å². The lowest BCUT2D eigenvalue weighted by Crippen LogP contribution is -2.60. The number of hydrogen-bond acceptors (Lipinski definition) is 6. The fraction of sp³-hybridized carbons (Fsp3) is 1.00. The van der Waals surface area contributed by atoms with Gasteiger partial charge in [-0.15, -0.1) is 0 Å². The predicted molar refractivity (Wildman–Crippen MR) is 86.1 cm³/mol. The molecule has 0 aromatic carbocycles. The molecule has 20 heavy (non-hydrogen) atoms. The minimum absolute atomic E-state index is 0.0209. The van der Waals surface area contributed by atoms with Crippen molar-refractivity contribution in [2.75, 3.05) is 57.0 Å². The maximum absolute atomic E-state index is 12.0. The Labute approximate surface area is 127 Å². The number of rotatable bonds is 4. The highest BCUT2D eigenvalue weighted by atomic mass is 32.2. The van der Waals surface area contributed by atoms with Crippen LogP contribution in [-0.2, 0) is 9.84 Å². The fourth-order valence-electron chi connectivity index (χ4n) is 3.06. The number of thioether (sulfide) groups is 1. The second kappa shape index (κ2) is 6.52. The average molecular weight is 322 g/mol. The molecule has 2 saturated heterocycles. The maximum atomic E-state index is 12.0. The second-order valence-corrected chi connectivity index (χ2v) is 9.73. The molecule has 0 aromatic rings. The van der Waals surface area contributed by atoms with Crippen molar-refractivity contribution in [2.24, 2.45) is 0 Å². The van der Waals surface area contributed by atoms with Crippen molar-refractivity contribution in [1.82, 2.24) is 15.1 Å². The van der Waals surface area contributed by atoms with Crippen LogP contribution in [0.3, 0.4) is 0 Å². The van der Waals surface area contributed by atoms with E-state index in [1.54, 1.807) is 11.8 Å². The van der Waals surface area contributed by atoms with Gasteiger partial charge in [0.05, 0.1) is 0 Å². The molecule has 0 spiro atoms. The largest absolute Gasteiger partial charge is 0.314 e. The molecule has 1 unspecified atom stereocenters. The van der Waals surface area contributed by atoms with E-state index in [-0.39, 0.29) is 10.9 Å². The first kappa shape index (κ1) is 16.5. The van der Waals surface area contributed by atoms with E-state index in [2.05, 4.69) is 29.0 Å². The minimum Gasteiger partial charge on any atom is -0.314 e. The molecule has 0 aromatic heterocycles. The number of hydrogen-bond donors (Lipinski definition) is 1. The van der Waals surface area contributed by atoms with Crippen LogP contribution in [0, 0.1) is 0 Å². The third-order valence-electron chi connectivity index (χ3n) is 4.25. The lowest BCUT2D eigenvalue weighted by Gasteiger charge is -2.46. The molecule has 2 heterocycles. The first-order valence-corrected chi connectivity index (χ1v) is 10.4. The molecule has 0 bridgehead atoms. The Balaban J connectivity index is 2.05. The molecule has 0 radical (unpaired) electrons. The van der Waals surface area contributed by atoms with Crippen molar-refractivity contribution >= 4 is 21.6 Å². The topological polar surface area (TPSA) is 52.7 Å². The van der Waals surface area contributed by atoms with Gasteiger partial charge in [0, 0.05) is 62.6 Å². The van der Waals surface area contributed by atoms with Gasteiger partial charge in [-0.1, -0.05) is 0 Å².